The molecular formula is C48H55NO14. The fraction of sp³-hybridized carbons (Fsp3) is 0.458. The average molecular weight is 870 g/mol. The lowest BCUT2D eigenvalue weighted by Crippen LogP contribution is -2.77. The van der Waals surface area contributed by atoms with Crippen molar-refractivity contribution in [3.8, 4) is 0 Å². The van der Waals surface area contributed by atoms with E-state index in [0.29, 0.717) is 11.1 Å². The highest BCUT2D eigenvalue weighted by molar-refractivity contribution is 5.96. The quantitative estimate of drug-likeness (QED) is 0.127. The van der Waals surface area contributed by atoms with Gasteiger partial charge in [-0.2, -0.15) is 0 Å². The molecule has 1 aliphatic heterocycles. The first-order valence-electron chi connectivity index (χ1n) is 20.9. The molecule has 6 rings (SSSR count). The van der Waals surface area contributed by atoms with Gasteiger partial charge in [0, 0.05) is 38.5 Å². The number of esters is 4. The second kappa shape index (κ2) is 18.9. The van der Waals surface area contributed by atoms with Gasteiger partial charge in [0.05, 0.1) is 41.3 Å². The Hall–Kier alpha value is -5.74. The normalized spacial score (nSPS) is 29.3. The summed E-state index contributed by atoms with van der Waals surface area (Å²) in [7, 11) is 1.28. The molecule has 0 spiro atoms. The molecule has 1 heterocycles. The zero-order chi connectivity index (χ0) is 45.9. The van der Waals surface area contributed by atoms with E-state index in [9.17, 15) is 34.2 Å². The molecule has 1 amide bonds. The van der Waals surface area contributed by atoms with Gasteiger partial charge in [-0.05, 0) is 75.9 Å². The van der Waals surface area contributed by atoms with Gasteiger partial charge in [0.1, 0.15) is 18.3 Å². The van der Waals surface area contributed by atoms with Gasteiger partial charge in [0.2, 0.25) is 0 Å². The molecule has 0 aromatic heterocycles. The minimum absolute atomic E-state index is 0.120. The first-order valence-corrected chi connectivity index (χ1v) is 20.9. The van der Waals surface area contributed by atoms with Gasteiger partial charge in [0.25, 0.3) is 5.91 Å². The van der Waals surface area contributed by atoms with Crippen molar-refractivity contribution in [2.45, 2.75) is 115 Å². The van der Waals surface area contributed by atoms with Crippen LogP contribution in [0.15, 0.2) is 102 Å². The van der Waals surface area contributed by atoms with Gasteiger partial charge in [-0.3, -0.25) is 19.2 Å². The van der Waals surface area contributed by atoms with Crippen LogP contribution in [0.2, 0.25) is 0 Å². The second-order valence-corrected chi connectivity index (χ2v) is 17.1. The van der Waals surface area contributed by atoms with Gasteiger partial charge in [0.15, 0.2) is 23.6 Å². The molecule has 2 aliphatic carbocycles. The van der Waals surface area contributed by atoms with Crippen LogP contribution in [0, 0.1) is 11.3 Å². The molecule has 15 nitrogen and oxygen atoms in total. The molecule has 0 radical (unpaired) electrons. The highest BCUT2D eigenvalue weighted by Gasteiger charge is 2.73. The van der Waals surface area contributed by atoms with Crippen LogP contribution < -0.4 is 5.32 Å². The maximum atomic E-state index is 15.6. The zero-order valence-electron chi connectivity index (χ0n) is 36.4. The monoisotopic (exact) mass is 869 g/mol. The number of amides is 1. The topological polar surface area (TPSA) is 210 Å². The van der Waals surface area contributed by atoms with Crippen molar-refractivity contribution in [1.29, 1.82) is 0 Å². The predicted molar refractivity (Wildman–Crippen MR) is 225 cm³/mol. The minimum atomic E-state index is -1.99. The van der Waals surface area contributed by atoms with Crippen LogP contribution in [0.3, 0.4) is 0 Å². The van der Waals surface area contributed by atoms with Crippen LogP contribution in [0.4, 0.5) is 0 Å². The van der Waals surface area contributed by atoms with E-state index < -0.39 is 101 Å². The van der Waals surface area contributed by atoms with Crippen molar-refractivity contribution in [3.63, 3.8) is 0 Å². The van der Waals surface area contributed by atoms with E-state index in [2.05, 4.69) is 5.32 Å². The molecule has 15 heteroatoms. The molecule has 63 heavy (non-hydrogen) atoms. The average Bonchev–Trinajstić information content (AvgIpc) is 3.24. The molecule has 10 atom stereocenters. The summed E-state index contributed by atoms with van der Waals surface area (Å²) in [6.07, 6.45) is -9.01. The van der Waals surface area contributed by atoms with Crippen LogP contribution in [0.1, 0.15) is 93.1 Å². The molecule has 1 saturated heterocycles. The van der Waals surface area contributed by atoms with Crippen LogP contribution in [-0.4, -0.2) is 107 Å². The number of hydrogen-bond donors (Lipinski definition) is 3. The summed E-state index contributed by atoms with van der Waals surface area (Å²) >= 11 is 0. The summed E-state index contributed by atoms with van der Waals surface area (Å²) in [5, 5.41) is 26.9. The minimum Gasteiger partial charge on any atom is -0.458 e. The number of carbonyl (C=O) groups is 6. The Kier molecular flexibility index (Phi) is 14.1. The molecule has 0 unspecified atom stereocenters. The molecular weight excluding hydrogens is 815 g/mol. The van der Waals surface area contributed by atoms with Crippen molar-refractivity contribution in [2.75, 3.05) is 13.7 Å². The summed E-state index contributed by atoms with van der Waals surface area (Å²) < 4.78 is 36.2. The Balaban J connectivity index is 1.51. The first-order chi connectivity index (χ1) is 29.8. The van der Waals surface area contributed by atoms with Crippen molar-refractivity contribution in [3.05, 3.63) is 119 Å². The van der Waals surface area contributed by atoms with E-state index >= 15 is 4.79 Å². The van der Waals surface area contributed by atoms with Gasteiger partial charge in [-0.1, -0.05) is 66.7 Å². The van der Waals surface area contributed by atoms with Crippen LogP contribution in [0.25, 0.3) is 0 Å². The number of benzene rings is 3. The molecule has 336 valence electrons. The van der Waals surface area contributed by atoms with E-state index in [1.807, 2.05) is 0 Å². The largest absolute Gasteiger partial charge is 0.458 e. The lowest BCUT2D eigenvalue weighted by Gasteiger charge is -2.63. The maximum absolute atomic E-state index is 15.6. The smallest absolute Gasteiger partial charge is 0.338 e. The van der Waals surface area contributed by atoms with E-state index in [0.717, 1.165) is 6.92 Å². The van der Waals surface area contributed by atoms with Gasteiger partial charge in [-0.25, -0.2) is 9.59 Å². The van der Waals surface area contributed by atoms with Crippen molar-refractivity contribution in [1.82, 2.24) is 5.32 Å². The number of carbonyl (C=O) groups excluding carboxylic acids is 6. The summed E-state index contributed by atoms with van der Waals surface area (Å²) in [5.41, 5.74) is -4.56. The van der Waals surface area contributed by atoms with Gasteiger partial charge in [-0.15, -0.1) is 0 Å². The van der Waals surface area contributed by atoms with Crippen LogP contribution >= 0.6 is 0 Å². The number of ketones is 1. The van der Waals surface area contributed by atoms with Crippen molar-refractivity contribution >= 4 is 35.6 Å². The molecule has 3 aromatic rings. The number of aliphatic hydroxyl groups excluding tert-OH is 1. The lowest BCUT2D eigenvalue weighted by atomic mass is 9.51. The van der Waals surface area contributed by atoms with E-state index in [1.54, 1.807) is 78.9 Å². The zero-order valence-corrected chi connectivity index (χ0v) is 36.4. The van der Waals surface area contributed by atoms with Crippen LogP contribution in [0.5, 0.6) is 0 Å². The second-order valence-electron chi connectivity index (χ2n) is 17.1. The predicted octanol–water partition coefficient (Wildman–Crippen LogP) is 4.78. The van der Waals surface area contributed by atoms with Crippen LogP contribution in [-0.2, 0) is 47.6 Å². The summed E-state index contributed by atoms with van der Waals surface area (Å²) in [6, 6.07) is 24.0. The highest BCUT2D eigenvalue weighted by Crippen LogP contribution is 2.58. The Bertz CT molecular complexity index is 2210. The van der Waals surface area contributed by atoms with E-state index in [1.165, 1.54) is 53.9 Å². The number of hydrogen-bond acceptors (Lipinski definition) is 14. The molecule has 3 aromatic carbocycles. The number of methoxy groups -OCH3 is 1. The Morgan fingerprint density at radius 1 is 0.841 bits per heavy atom. The standard InChI is InChI=1S/C48H55NO14/c1-27-33(61-45(56)40(58-7)38(30-17-11-8-12-18-30)49-43(54)31-19-13-9-14-20-31)23-24-34(62-44(55)32-21-15-10-16-22-32)41-47(6,35(52)25-36-48(41,26-59-36)63-29(3)51)42(53)39(60-28(2)50)37(27)46(4,5)57/h8-22,33-36,38-41,52,57H,23-26H2,1-7H3,(H,49,54)/b37-27-/t33-,34+,35-,36+,38-,39+,40+,41-,47+,48-/m0/s1. The molecule has 0 bridgehead atoms. The Morgan fingerprint density at radius 3 is 1.95 bits per heavy atom. The Labute approximate surface area is 366 Å². The Morgan fingerprint density at radius 2 is 1.43 bits per heavy atom. The third kappa shape index (κ3) is 9.47. The first kappa shape index (κ1) is 46.8. The number of ether oxygens (including phenoxy) is 6. The summed E-state index contributed by atoms with van der Waals surface area (Å²) in [5.74, 6) is -6.11. The number of nitrogens with one attached hydrogen (secondary N) is 1. The number of rotatable bonds is 12. The number of Topliss-reactive ketones (excluding diaryl/α,β-unsaturated/α-hetero) is 1. The van der Waals surface area contributed by atoms with E-state index in [-0.39, 0.29) is 42.6 Å². The summed E-state index contributed by atoms with van der Waals surface area (Å²) in [4.78, 5) is 83.8. The van der Waals surface area contributed by atoms with Gasteiger partial charge < -0.3 is 44.0 Å². The third-order valence-corrected chi connectivity index (χ3v) is 12.5. The SMILES string of the molecule is CO[C@@H](C(=O)O[C@H]1CC[C@@H](OC(=O)c2ccccc2)[C@@H]2[C@]3(OC(C)=O)CO[C@@H]3C[C@H](O)[C@@]2(C)C(=O)[C@H](OC(C)=O)/C(C(C)(C)O)=C/1C)[C@@H](NC(=O)c1ccccc1)c1ccccc1. The van der Waals surface area contributed by atoms with E-state index in [4.69, 9.17) is 28.4 Å². The fourth-order valence-electron chi connectivity index (χ4n) is 9.54. The molecule has 1 saturated carbocycles. The maximum Gasteiger partial charge on any atom is 0.338 e. The van der Waals surface area contributed by atoms with Crippen molar-refractivity contribution < 1.29 is 67.4 Å². The van der Waals surface area contributed by atoms with Crippen molar-refractivity contribution in [2.24, 2.45) is 11.3 Å². The summed E-state index contributed by atoms with van der Waals surface area (Å²) in [6.45, 7) is 7.74. The fourth-order valence-corrected chi connectivity index (χ4v) is 9.54. The third-order valence-electron chi connectivity index (χ3n) is 12.5. The lowest BCUT2D eigenvalue weighted by molar-refractivity contribution is -0.330. The molecule has 3 N–H and O–H groups in total. The number of fused-ring (bicyclic) bond motifs is 3. The molecule has 3 aliphatic rings. The highest BCUT2D eigenvalue weighted by atomic mass is 16.6. The number of aliphatic hydroxyl groups is 2. The van der Waals surface area contributed by atoms with Gasteiger partial charge >= 0.3 is 23.9 Å². The molecule has 2 fully saturated rings.